The Morgan fingerprint density at radius 3 is 3.00 bits per heavy atom. The Morgan fingerprint density at radius 1 is 1.48 bits per heavy atom. The van der Waals surface area contributed by atoms with Gasteiger partial charge in [0.05, 0.1) is 12.1 Å². The number of carbonyl (C=O) groups excluding carboxylic acids is 1. The summed E-state index contributed by atoms with van der Waals surface area (Å²) < 4.78 is 5.58. The number of nitrogens with one attached hydrogen (secondary N) is 1. The van der Waals surface area contributed by atoms with E-state index in [4.69, 9.17) is 4.42 Å². The predicted molar refractivity (Wildman–Crippen MR) is 83.4 cm³/mol. The van der Waals surface area contributed by atoms with Crippen LogP contribution in [0.3, 0.4) is 0 Å². The van der Waals surface area contributed by atoms with Gasteiger partial charge < -0.3 is 14.6 Å². The van der Waals surface area contributed by atoms with Crippen LogP contribution < -0.4 is 5.32 Å². The van der Waals surface area contributed by atoms with Crippen LogP contribution in [-0.2, 0) is 0 Å². The van der Waals surface area contributed by atoms with Gasteiger partial charge in [0, 0.05) is 6.54 Å². The summed E-state index contributed by atoms with van der Waals surface area (Å²) in [7, 11) is 0. The van der Waals surface area contributed by atoms with Gasteiger partial charge in [0.25, 0.3) is 0 Å². The maximum absolute atomic E-state index is 12.5. The van der Waals surface area contributed by atoms with Gasteiger partial charge in [-0.2, -0.15) is 11.3 Å². The number of aryl methyl sites for hydroxylation is 1. The van der Waals surface area contributed by atoms with Crippen LogP contribution in [0, 0.1) is 6.92 Å². The van der Waals surface area contributed by atoms with Crippen molar-refractivity contribution in [2.45, 2.75) is 38.8 Å². The van der Waals surface area contributed by atoms with E-state index in [1.807, 2.05) is 30.9 Å². The van der Waals surface area contributed by atoms with E-state index in [0.717, 1.165) is 30.9 Å². The van der Waals surface area contributed by atoms with Crippen molar-refractivity contribution in [3.05, 3.63) is 46.0 Å². The summed E-state index contributed by atoms with van der Waals surface area (Å²) in [6.45, 7) is 4.67. The zero-order chi connectivity index (χ0) is 14.8. The van der Waals surface area contributed by atoms with Gasteiger partial charge in [-0.1, -0.05) is 0 Å². The van der Waals surface area contributed by atoms with E-state index in [9.17, 15) is 4.79 Å². The van der Waals surface area contributed by atoms with E-state index >= 15 is 0 Å². The van der Waals surface area contributed by atoms with Gasteiger partial charge in [-0.05, 0) is 61.2 Å². The third-order valence-corrected chi connectivity index (χ3v) is 4.67. The Balaban J connectivity index is 1.67. The Morgan fingerprint density at radius 2 is 2.33 bits per heavy atom. The van der Waals surface area contributed by atoms with Crippen LogP contribution in [0.1, 0.15) is 48.9 Å². The van der Waals surface area contributed by atoms with Crippen LogP contribution in [0.15, 0.2) is 33.4 Å². The third kappa shape index (κ3) is 2.97. The van der Waals surface area contributed by atoms with E-state index in [0.29, 0.717) is 0 Å². The van der Waals surface area contributed by atoms with E-state index in [2.05, 4.69) is 22.1 Å². The molecule has 1 aliphatic heterocycles. The normalized spacial score (nSPS) is 19.7. The molecular formula is C16H20N2O2S. The largest absolute Gasteiger partial charge is 0.464 e. The Hall–Kier alpha value is -1.75. The molecule has 4 nitrogen and oxygen atoms in total. The SMILES string of the molecule is Cc1ccc([C@@H](C)NC(=O)N2CCC[C@@H]2c2ccsc2)o1. The molecule has 2 atom stereocenters. The third-order valence-electron chi connectivity index (χ3n) is 3.97. The zero-order valence-corrected chi connectivity index (χ0v) is 13.2. The fraction of sp³-hybridized carbons (Fsp3) is 0.438. The topological polar surface area (TPSA) is 45.5 Å². The molecule has 0 spiro atoms. The molecule has 0 aliphatic carbocycles. The van der Waals surface area contributed by atoms with Crippen LogP contribution in [-0.4, -0.2) is 17.5 Å². The molecule has 21 heavy (non-hydrogen) atoms. The molecule has 3 heterocycles. The second kappa shape index (κ2) is 5.93. The molecule has 1 aliphatic rings. The molecule has 1 N–H and O–H groups in total. The van der Waals surface area contributed by atoms with Gasteiger partial charge in [-0.3, -0.25) is 0 Å². The van der Waals surface area contributed by atoms with Gasteiger partial charge in [0.2, 0.25) is 0 Å². The van der Waals surface area contributed by atoms with E-state index < -0.39 is 0 Å². The fourth-order valence-corrected chi connectivity index (χ4v) is 3.55. The highest BCUT2D eigenvalue weighted by molar-refractivity contribution is 7.07. The van der Waals surface area contributed by atoms with Crippen molar-refractivity contribution in [3.63, 3.8) is 0 Å². The summed E-state index contributed by atoms with van der Waals surface area (Å²) in [6, 6.07) is 6.03. The minimum absolute atomic E-state index is 0.00902. The van der Waals surface area contributed by atoms with Crippen molar-refractivity contribution >= 4 is 17.4 Å². The first-order chi connectivity index (χ1) is 10.1. The van der Waals surface area contributed by atoms with Crippen molar-refractivity contribution < 1.29 is 9.21 Å². The lowest BCUT2D eigenvalue weighted by molar-refractivity contribution is 0.188. The van der Waals surface area contributed by atoms with Crippen LogP contribution in [0.4, 0.5) is 4.79 Å². The van der Waals surface area contributed by atoms with Gasteiger partial charge in [0.1, 0.15) is 11.5 Å². The van der Waals surface area contributed by atoms with Crippen LogP contribution in [0.2, 0.25) is 0 Å². The first-order valence-corrected chi connectivity index (χ1v) is 8.25. The van der Waals surface area contributed by atoms with Crippen molar-refractivity contribution in [3.8, 4) is 0 Å². The molecule has 112 valence electrons. The lowest BCUT2D eigenvalue weighted by Gasteiger charge is -2.26. The second-order valence-corrected chi connectivity index (χ2v) is 6.31. The average Bonchev–Trinajstić information content (AvgIpc) is 3.19. The molecule has 0 unspecified atom stereocenters. The van der Waals surface area contributed by atoms with Crippen molar-refractivity contribution in [2.24, 2.45) is 0 Å². The number of rotatable bonds is 3. The standard InChI is InChI=1S/C16H20N2O2S/c1-11-5-6-15(20-11)12(2)17-16(19)18-8-3-4-14(18)13-7-9-21-10-13/h5-7,9-10,12,14H,3-4,8H2,1-2H3,(H,17,19)/t12-,14-/m1/s1. The molecule has 5 heteroatoms. The predicted octanol–water partition coefficient (Wildman–Crippen LogP) is 4.26. The number of likely N-dealkylation sites (tertiary alicyclic amines) is 1. The van der Waals surface area contributed by atoms with Gasteiger partial charge >= 0.3 is 6.03 Å². The summed E-state index contributed by atoms with van der Waals surface area (Å²) in [5.74, 6) is 1.66. The number of nitrogens with zero attached hydrogens (tertiary/aromatic N) is 1. The second-order valence-electron chi connectivity index (χ2n) is 5.53. The van der Waals surface area contributed by atoms with Crippen LogP contribution in [0.25, 0.3) is 0 Å². The molecule has 1 saturated heterocycles. The van der Waals surface area contributed by atoms with Crippen molar-refractivity contribution in [1.29, 1.82) is 0 Å². The molecule has 1 fully saturated rings. The highest BCUT2D eigenvalue weighted by Crippen LogP contribution is 2.33. The molecule has 2 aromatic heterocycles. The summed E-state index contributed by atoms with van der Waals surface area (Å²) in [5, 5.41) is 7.24. The van der Waals surface area contributed by atoms with Crippen LogP contribution in [0.5, 0.6) is 0 Å². The Kier molecular flexibility index (Phi) is 4.01. The summed E-state index contributed by atoms with van der Waals surface area (Å²) in [6.07, 6.45) is 2.10. The number of hydrogen-bond donors (Lipinski definition) is 1. The number of thiophene rings is 1. The number of carbonyl (C=O) groups is 1. The average molecular weight is 304 g/mol. The molecule has 0 radical (unpaired) electrons. The lowest BCUT2D eigenvalue weighted by atomic mass is 10.1. The van der Waals surface area contributed by atoms with E-state index in [1.165, 1.54) is 5.56 Å². The summed E-state index contributed by atoms with van der Waals surface area (Å²) in [4.78, 5) is 14.5. The summed E-state index contributed by atoms with van der Waals surface area (Å²) >= 11 is 1.68. The zero-order valence-electron chi connectivity index (χ0n) is 12.3. The Bertz CT molecular complexity index is 606. The smallest absolute Gasteiger partial charge is 0.318 e. The first kappa shape index (κ1) is 14.2. The molecule has 2 amide bonds. The fourth-order valence-electron chi connectivity index (χ4n) is 2.85. The first-order valence-electron chi connectivity index (χ1n) is 7.30. The number of hydrogen-bond acceptors (Lipinski definition) is 3. The number of amides is 2. The highest BCUT2D eigenvalue weighted by Gasteiger charge is 2.31. The number of urea groups is 1. The van der Waals surface area contributed by atoms with Gasteiger partial charge in [-0.25, -0.2) is 4.79 Å². The van der Waals surface area contributed by atoms with E-state index in [1.54, 1.807) is 11.3 Å². The molecule has 0 saturated carbocycles. The lowest BCUT2D eigenvalue weighted by Crippen LogP contribution is -2.40. The van der Waals surface area contributed by atoms with Gasteiger partial charge in [0.15, 0.2) is 0 Å². The minimum atomic E-state index is -0.116. The van der Waals surface area contributed by atoms with Crippen LogP contribution >= 0.6 is 11.3 Å². The summed E-state index contributed by atoms with van der Waals surface area (Å²) in [5.41, 5.74) is 1.24. The molecular weight excluding hydrogens is 284 g/mol. The Labute approximate surface area is 128 Å². The quantitative estimate of drug-likeness (QED) is 0.921. The minimum Gasteiger partial charge on any atom is -0.464 e. The number of furan rings is 1. The molecule has 2 aromatic rings. The van der Waals surface area contributed by atoms with Crippen molar-refractivity contribution in [2.75, 3.05) is 6.54 Å². The molecule has 0 aromatic carbocycles. The monoisotopic (exact) mass is 304 g/mol. The van der Waals surface area contributed by atoms with Crippen molar-refractivity contribution in [1.82, 2.24) is 10.2 Å². The molecule has 3 rings (SSSR count). The van der Waals surface area contributed by atoms with Gasteiger partial charge in [-0.15, -0.1) is 0 Å². The highest BCUT2D eigenvalue weighted by atomic mass is 32.1. The van der Waals surface area contributed by atoms with E-state index in [-0.39, 0.29) is 18.1 Å². The molecule has 0 bridgehead atoms. The maximum Gasteiger partial charge on any atom is 0.318 e. The maximum atomic E-state index is 12.5.